The third-order valence-electron chi connectivity index (χ3n) is 6.88. The van der Waals surface area contributed by atoms with Crippen LogP contribution in [0.1, 0.15) is 61.7 Å². The molecule has 3 aliphatic rings. The van der Waals surface area contributed by atoms with Gasteiger partial charge in [0.15, 0.2) is 0 Å². The quantitative estimate of drug-likeness (QED) is 0.869. The van der Waals surface area contributed by atoms with Crippen molar-refractivity contribution in [3.8, 4) is 0 Å². The fourth-order valence-corrected chi connectivity index (χ4v) is 5.31. The summed E-state index contributed by atoms with van der Waals surface area (Å²) in [5, 5.41) is 3.15. The van der Waals surface area contributed by atoms with Crippen LogP contribution < -0.4 is 5.32 Å². The van der Waals surface area contributed by atoms with Gasteiger partial charge in [0.25, 0.3) is 5.91 Å². The summed E-state index contributed by atoms with van der Waals surface area (Å²) in [6.45, 7) is 3.26. The first-order valence-electron chi connectivity index (χ1n) is 11.1. The topological polar surface area (TPSA) is 52.7 Å². The van der Waals surface area contributed by atoms with E-state index >= 15 is 0 Å². The summed E-state index contributed by atoms with van der Waals surface area (Å²) in [4.78, 5) is 29.8. The second kappa shape index (κ2) is 9.08. The zero-order chi connectivity index (χ0) is 19.3. The third kappa shape index (κ3) is 4.57. The van der Waals surface area contributed by atoms with Gasteiger partial charge < -0.3 is 10.2 Å². The van der Waals surface area contributed by atoms with Crippen LogP contribution in [0.25, 0.3) is 0 Å². The number of rotatable bonds is 4. The Morgan fingerprint density at radius 3 is 2.39 bits per heavy atom. The lowest BCUT2D eigenvalue weighted by atomic mass is 9.78. The van der Waals surface area contributed by atoms with Crippen molar-refractivity contribution in [2.75, 3.05) is 26.2 Å². The van der Waals surface area contributed by atoms with Crippen molar-refractivity contribution in [3.63, 3.8) is 0 Å². The molecule has 1 aromatic carbocycles. The van der Waals surface area contributed by atoms with Gasteiger partial charge in [-0.25, -0.2) is 0 Å². The number of nitrogens with one attached hydrogen (secondary N) is 1. The van der Waals surface area contributed by atoms with Crippen molar-refractivity contribution in [1.29, 1.82) is 0 Å². The molecule has 28 heavy (non-hydrogen) atoms. The fraction of sp³-hybridized carbons (Fsp3) is 0.652. The van der Waals surface area contributed by atoms with Gasteiger partial charge in [-0.05, 0) is 56.6 Å². The molecule has 1 saturated carbocycles. The number of carbonyl (C=O) groups excluding carboxylic acids is 2. The normalized spacial score (nSPS) is 26.5. The highest BCUT2D eigenvalue weighted by Crippen LogP contribution is 2.35. The van der Waals surface area contributed by atoms with E-state index in [1.165, 1.54) is 38.5 Å². The van der Waals surface area contributed by atoms with Crippen molar-refractivity contribution in [3.05, 3.63) is 35.9 Å². The summed E-state index contributed by atoms with van der Waals surface area (Å²) < 4.78 is 0. The first-order valence-corrected chi connectivity index (χ1v) is 11.1. The Balaban J connectivity index is 1.24. The van der Waals surface area contributed by atoms with Crippen LogP contribution >= 0.6 is 0 Å². The predicted octanol–water partition coefficient (Wildman–Crippen LogP) is 3.06. The van der Waals surface area contributed by atoms with E-state index < -0.39 is 0 Å². The van der Waals surface area contributed by atoms with Gasteiger partial charge in [0, 0.05) is 37.3 Å². The molecule has 2 aliphatic heterocycles. The van der Waals surface area contributed by atoms with E-state index in [0.717, 1.165) is 38.4 Å². The van der Waals surface area contributed by atoms with Gasteiger partial charge in [0.2, 0.25) is 5.91 Å². The van der Waals surface area contributed by atoms with Gasteiger partial charge in [-0.3, -0.25) is 14.5 Å². The van der Waals surface area contributed by atoms with E-state index in [0.29, 0.717) is 24.1 Å². The van der Waals surface area contributed by atoms with E-state index in [1.807, 2.05) is 30.3 Å². The summed E-state index contributed by atoms with van der Waals surface area (Å²) in [5.41, 5.74) is 0.715. The number of hydrogen-bond donors (Lipinski definition) is 1. The molecule has 5 nitrogen and oxygen atoms in total. The lowest BCUT2D eigenvalue weighted by Crippen LogP contribution is -2.53. The Morgan fingerprint density at radius 1 is 0.893 bits per heavy atom. The van der Waals surface area contributed by atoms with E-state index in [9.17, 15) is 9.59 Å². The molecular weight excluding hydrogens is 350 g/mol. The molecule has 2 unspecified atom stereocenters. The molecule has 0 bridgehead atoms. The third-order valence-corrected chi connectivity index (χ3v) is 6.88. The maximum atomic E-state index is 13.0. The van der Waals surface area contributed by atoms with Gasteiger partial charge in [-0.1, -0.05) is 31.0 Å². The lowest BCUT2D eigenvalue weighted by Gasteiger charge is -2.45. The summed E-state index contributed by atoms with van der Waals surface area (Å²) in [6.07, 6.45) is 9.42. The molecule has 1 aromatic rings. The number of fused-ring (bicyclic) bond motifs is 1. The SMILES string of the molecule is O=C(NC1CCN(CC(=O)N2CCCC3CCCCC32)CC1)c1ccccc1. The predicted molar refractivity (Wildman–Crippen MR) is 110 cm³/mol. The number of hydrogen-bond acceptors (Lipinski definition) is 3. The molecule has 2 amide bonds. The van der Waals surface area contributed by atoms with Crippen molar-refractivity contribution in [2.45, 2.75) is 63.5 Å². The maximum absolute atomic E-state index is 13.0. The number of benzene rings is 1. The highest BCUT2D eigenvalue weighted by atomic mass is 16.2. The Bertz CT molecular complexity index is 668. The van der Waals surface area contributed by atoms with Gasteiger partial charge in [-0.2, -0.15) is 0 Å². The van der Waals surface area contributed by atoms with Crippen LogP contribution in [0.5, 0.6) is 0 Å². The maximum Gasteiger partial charge on any atom is 0.251 e. The van der Waals surface area contributed by atoms with E-state index in [1.54, 1.807) is 0 Å². The van der Waals surface area contributed by atoms with E-state index in [2.05, 4.69) is 15.1 Å². The van der Waals surface area contributed by atoms with Crippen LogP contribution in [-0.4, -0.2) is 59.9 Å². The Morgan fingerprint density at radius 2 is 1.61 bits per heavy atom. The summed E-state index contributed by atoms with van der Waals surface area (Å²) in [5.74, 6) is 1.07. The number of piperidine rings is 2. The van der Waals surface area contributed by atoms with Gasteiger partial charge >= 0.3 is 0 Å². The lowest BCUT2D eigenvalue weighted by molar-refractivity contribution is -0.139. The van der Waals surface area contributed by atoms with E-state index in [4.69, 9.17) is 0 Å². The summed E-state index contributed by atoms with van der Waals surface area (Å²) in [6, 6.07) is 10.1. The molecule has 4 rings (SSSR count). The molecule has 0 spiro atoms. The number of carbonyl (C=O) groups is 2. The van der Waals surface area contributed by atoms with E-state index in [-0.39, 0.29) is 11.9 Å². The number of amides is 2. The van der Waals surface area contributed by atoms with Crippen LogP contribution in [0.3, 0.4) is 0 Å². The minimum atomic E-state index is 0.00628. The first-order chi connectivity index (χ1) is 13.7. The van der Waals surface area contributed by atoms with Crippen LogP contribution in [0.15, 0.2) is 30.3 Å². The zero-order valence-corrected chi connectivity index (χ0v) is 16.8. The van der Waals surface area contributed by atoms with Crippen molar-refractivity contribution >= 4 is 11.8 Å². The van der Waals surface area contributed by atoms with Crippen LogP contribution in [0.4, 0.5) is 0 Å². The zero-order valence-electron chi connectivity index (χ0n) is 16.8. The van der Waals surface area contributed by atoms with Crippen molar-refractivity contribution in [2.24, 2.45) is 5.92 Å². The average Bonchev–Trinajstić information content (AvgIpc) is 2.75. The Labute approximate surface area is 168 Å². The van der Waals surface area contributed by atoms with Crippen LogP contribution in [0, 0.1) is 5.92 Å². The van der Waals surface area contributed by atoms with Crippen molar-refractivity contribution < 1.29 is 9.59 Å². The number of nitrogens with zero attached hydrogens (tertiary/aromatic N) is 2. The van der Waals surface area contributed by atoms with Gasteiger partial charge in [0.1, 0.15) is 0 Å². The minimum absolute atomic E-state index is 0.00628. The Hall–Kier alpha value is -1.88. The first kappa shape index (κ1) is 19.4. The Kier molecular flexibility index (Phi) is 6.30. The van der Waals surface area contributed by atoms with Crippen molar-refractivity contribution in [1.82, 2.24) is 15.1 Å². The highest BCUT2D eigenvalue weighted by molar-refractivity contribution is 5.94. The molecular formula is C23H33N3O2. The standard InChI is InChI=1S/C23H33N3O2/c27-22(26-14-6-10-18-7-4-5-11-21(18)26)17-25-15-12-20(13-16-25)24-23(28)19-8-2-1-3-9-19/h1-3,8-9,18,20-21H,4-7,10-17H2,(H,24,28). The smallest absolute Gasteiger partial charge is 0.251 e. The summed E-state index contributed by atoms with van der Waals surface area (Å²) in [7, 11) is 0. The van der Waals surface area contributed by atoms with Gasteiger partial charge in [0.05, 0.1) is 6.54 Å². The second-order valence-corrected chi connectivity index (χ2v) is 8.73. The van der Waals surface area contributed by atoms with Crippen LogP contribution in [0.2, 0.25) is 0 Å². The molecule has 2 heterocycles. The molecule has 2 atom stereocenters. The fourth-order valence-electron chi connectivity index (χ4n) is 5.31. The highest BCUT2D eigenvalue weighted by Gasteiger charge is 2.36. The second-order valence-electron chi connectivity index (χ2n) is 8.73. The molecule has 5 heteroatoms. The molecule has 2 saturated heterocycles. The number of likely N-dealkylation sites (tertiary alicyclic amines) is 2. The van der Waals surface area contributed by atoms with Gasteiger partial charge in [-0.15, -0.1) is 0 Å². The summed E-state index contributed by atoms with van der Waals surface area (Å²) >= 11 is 0. The molecule has 152 valence electrons. The molecule has 0 aromatic heterocycles. The average molecular weight is 384 g/mol. The minimum Gasteiger partial charge on any atom is -0.349 e. The molecule has 1 aliphatic carbocycles. The molecule has 3 fully saturated rings. The molecule has 0 radical (unpaired) electrons. The molecule has 1 N–H and O–H groups in total. The van der Waals surface area contributed by atoms with Crippen LogP contribution in [-0.2, 0) is 4.79 Å². The largest absolute Gasteiger partial charge is 0.349 e. The monoisotopic (exact) mass is 383 g/mol.